The minimum absolute atomic E-state index is 0.0136. The Hall–Kier alpha value is -4.60. The molecule has 10 heteroatoms. The van der Waals surface area contributed by atoms with Crippen molar-refractivity contribution in [3.8, 4) is 16.9 Å². The Labute approximate surface area is 217 Å². The van der Waals surface area contributed by atoms with Crippen molar-refractivity contribution in [1.29, 1.82) is 5.41 Å². The van der Waals surface area contributed by atoms with Gasteiger partial charge in [-0.25, -0.2) is 22.5 Å². The van der Waals surface area contributed by atoms with E-state index >= 15 is 4.39 Å². The third kappa shape index (κ3) is 4.84. The van der Waals surface area contributed by atoms with Gasteiger partial charge in [-0.2, -0.15) is 4.57 Å². The van der Waals surface area contributed by atoms with E-state index in [0.717, 1.165) is 12.1 Å². The van der Waals surface area contributed by atoms with Crippen LogP contribution in [-0.4, -0.2) is 17.6 Å². The van der Waals surface area contributed by atoms with Crippen LogP contribution in [0, 0.1) is 36.7 Å². The summed E-state index contributed by atoms with van der Waals surface area (Å²) in [5.74, 6) is -2.32. The van der Waals surface area contributed by atoms with Crippen molar-refractivity contribution in [3.63, 3.8) is 0 Å². The van der Waals surface area contributed by atoms with Crippen molar-refractivity contribution in [2.45, 2.75) is 27.1 Å². The minimum atomic E-state index is -0.752. The normalized spacial score (nSPS) is 10.9. The maximum absolute atomic E-state index is 15.4. The fourth-order valence-electron chi connectivity index (χ4n) is 4.42. The van der Waals surface area contributed by atoms with Gasteiger partial charge in [-0.15, -0.1) is 0 Å². The molecule has 0 radical (unpaired) electrons. The van der Waals surface area contributed by atoms with E-state index in [0.29, 0.717) is 17.2 Å². The zero-order chi connectivity index (χ0) is 27.6. The van der Waals surface area contributed by atoms with Gasteiger partial charge in [-0.05, 0) is 37.3 Å². The predicted octanol–water partition coefficient (Wildman–Crippen LogP) is 4.25. The lowest BCUT2D eigenvalue weighted by Crippen LogP contribution is -2.51. The van der Waals surface area contributed by atoms with Crippen LogP contribution in [0.3, 0.4) is 0 Å². The van der Waals surface area contributed by atoms with Gasteiger partial charge in [0.15, 0.2) is 24.2 Å². The highest BCUT2D eigenvalue weighted by Crippen LogP contribution is 2.29. The molecule has 0 saturated carbocycles. The monoisotopic (exact) mass is 522 g/mol. The third-order valence-corrected chi connectivity index (χ3v) is 6.48. The van der Waals surface area contributed by atoms with Gasteiger partial charge in [-0.1, -0.05) is 36.4 Å². The number of anilines is 1. The topological polar surface area (TPSA) is 88.2 Å². The number of rotatable bonds is 7. The lowest BCUT2D eigenvalue weighted by atomic mass is 10.0. The molecule has 1 aromatic heterocycles. The summed E-state index contributed by atoms with van der Waals surface area (Å²) in [6, 6.07) is 16.7. The van der Waals surface area contributed by atoms with Crippen molar-refractivity contribution < 1.29 is 22.5 Å². The number of aromatic nitrogens is 2. The molecule has 0 fully saturated rings. The van der Waals surface area contributed by atoms with Gasteiger partial charge in [-0.3, -0.25) is 10.3 Å². The van der Waals surface area contributed by atoms with E-state index in [1.54, 1.807) is 54.8 Å². The van der Waals surface area contributed by atoms with Crippen molar-refractivity contribution in [3.05, 3.63) is 112 Å². The SMILES string of the molecule is COc1cccc(-c2c(C)[n+](Cc3c(F)cccc3F)c(C)n(CN(C(=N)N)c3ccccc3)c2=O)c1F. The molecule has 0 bridgehead atoms. The highest BCUT2D eigenvalue weighted by molar-refractivity contribution is 5.91. The smallest absolute Gasteiger partial charge is 0.347 e. The number of para-hydroxylation sites is 1. The Balaban J connectivity index is 2.01. The molecule has 4 rings (SSSR count). The molecular weight excluding hydrogens is 495 g/mol. The second kappa shape index (κ2) is 10.8. The van der Waals surface area contributed by atoms with Gasteiger partial charge in [0.2, 0.25) is 0 Å². The summed E-state index contributed by atoms with van der Waals surface area (Å²) < 4.78 is 52.7. The highest BCUT2D eigenvalue weighted by Gasteiger charge is 2.30. The maximum atomic E-state index is 15.4. The van der Waals surface area contributed by atoms with Crippen LogP contribution in [0.15, 0.2) is 71.5 Å². The third-order valence-electron chi connectivity index (χ3n) is 6.48. The van der Waals surface area contributed by atoms with E-state index < -0.39 is 23.0 Å². The van der Waals surface area contributed by atoms with Crippen molar-refractivity contribution in [1.82, 2.24) is 4.57 Å². The van der Waals surface area contributed by atoms with Crippen LogP contribution in [0.25, 0.3) is 11.1 Å². The summed E-state index contributed by atoms with van der Waals surface area (Å²) in [5, 5.41) is 8.12. The minimum Gasteiger partial charge on any atom is -0.494 e. The first kappa shape index (κ1) is 26.5. The molecule has 0 saturated heterocycles. The van der Waals surface area contributed by atoms with E-state index in [4.69, 9.17) is 15.9 Å². The van der Waals surface area contributed by atoms with Crippen LogP contribution >= 0.6 is 0 Å². The standard InChI is InChI=1S/C28H27F3N5O2/c1-17-25(20-11-7-14-24(38-3)26(20)31)27(37)35(16-36(28(32)33)19-9-5-4-6-10-19)18(2)34(17)15-21-22(29)12-8-13-23(21)30/h4-14H,15-16H2,1-3H3,(H3,32,33)/q+1. The van der Waals surface area contributed by atoms with Gasteiger partial charge in [0.1, 0.15) is 29.4 Å². The molecule has 4 aromatic rings. The van der Waals surface area contributed by atoms with Gasteiger partial charge in [0.05, 0.1) is 12.7 Å². The largest absolute Gasteiger partial charge is 0.494 e. The second-order valence-corrected chi connectivity index (χ2v) is 8.64. The first-order chi connectivity index (χ1) is 18.1. The molecule has 0 aliphatic heterocycles. The van der Waals surface area contributed by atoms with Gasteiger partial charge < -0.3 is 10.5 Å². The lowest BCUT2D eigenvalue weighted by molar-refractivity contribution is -0.704. The quantitative estimate of drug-likeness (QED) is 0.216. The summed E-state index contributed by atoms with van der Waals surface area (Å²) in [6.07, 6.45) is 0. The van der Waals surface area contributed by atoms with E-state index in [9.17, 15) is 13.6 Å². The summed E-state index contributed by atoms with van der Waals surface area (Å²) in [7, 11) is 1.31. The molecule has 0 spiro atoms. The van der Waals surface area contributed by atoms with Crippen LogP contribution < -0.4 is 25.5 Å². The molecule has 0 amide bonds. The van der Waals surface area contributed by atoms with Crippen LogP contribution in [0.1, 0.15) is 17.1 Å². The number of nitrogens with two attached hydrogens (primary N) is 1. The van der Waals surface area contributed by atoms with Crippen LogP contribution in [0.5, 0.6) is 5.75 Å². The van der Waals surface area contributed by atoms with Gasteiger partial charge >= 0.3 is 5.56 Å². The molecule has 196 valence electrons. The van der Waals surface area contributed by atoms with Gasteiger partial charge in [0, 0.05) is 18.2 Å². The molecule has 0 atom stereocenters. The lowest BCUT2D eigenvalue weighted by Gasteiger charge is -2.23. The summed E-state index contributed by atoms with van der Waals surface area (Å²) in [4.78, 5) is 15.3. The fraction of sp³-hybridized carbons (Fsp3) is 0.179. The average molecular weight is 523 g/mol. The molecule has 7 nitrogen and oxygen atoms in total. The van der Waals surface area contributed by atoms with E-state index in [-0.39, 0.29) is 41.6 Å². The van der Waals surface area contributed by atoms with Crippen molar-refractivity contribution in [2.24, 2.45) is 5.73 Å². The molecular formula is C28H27F3N5O2+. The number of guanidine groups is 1. The first-order valence-corrected chi connectivity index (χ1v) is 11.7. The molecule has 0 unspecified atom stereocenters. The molecule has 1 heterocycles. The number of methoxy groups -OCH3 is 1. The maximum Gasteiger partial charge on any atom is 0.347 e. The number of hydrogen-bond donors (Lipinski definition) is 2. The van der Waals surface area contributed by atoms with Crippen LogP contribution in [0.4, 0.5) is 18.9 Å². The second-order valence-electron chi connectivity index (χ2n) is 8.64. The first-order valence-electron chi connectivity index (χ1n) is 11.7. The molecule has 0 aliphatic rings. The molecule has 3 aromatic carbocycles. The summed E-state index contributed by atoms with van der Waals surface area (Å²) >= 11 is 0. The Morgan fingerprint density at radius 1 is 1.00 bits per heavy atom. The molecule has 3 N–H and O–H groups in total. The van der Waals surface area contributed by atoms with E-state index in [2.05, 4.69) is 0 Å². The van der Waals surface area contributed by atoms with Crippen molar-refractivity contribution in [2.75, 3.05) is 12.0 Å². The van der Waals surface area contributed by atoms with E-state index in [1.165, 1.54) is 34.8 Å². The van der Waals surface area contributed by atoms with Crippen molar-refractivity contribution >= 4 is 11.6 Å². The zero-order valence-corrected chi connectivity index (χ0v) is 21.1. The van der Waals surface area contributed by atoms with Crippen LogP contribution in [0.2, 0.25) is 0 Å². The highest BCUT2D eigenvalue weighted by atomic mass is 19.1. The Morgan fingerprint density at radius 3 is 2.24 bits per heavy atom. The predicted molar refractivity (Wildman–Crippen MR) is 139 cm³/mol. The number of nitrogens with zero attached hydrogens (tertiary/aromatic N) is 3. The Kier molecular flexibility index (Phi) is 7.52. The number of nitrogens with one attached hydrogen (secondary N) is 1. The fourth-order valence-corrected chi connectivity index (χ4v) is 4.42. The average Bonchev–Trinajstić information content (AvgIpc) is 2.89. The number of halogens is 3. The van der Waals surface area contributed by atoms with E-state index in [1.807, 2.05) is 0 Å². The van der Waals surface area contributed by atoms with Crippen LogP contribution in [-0.2, 0) is 13.2 Å². The molecule has 0 aliphatic carbocycles. The number of ether oxygens (including phenoxy) is 1. The Bertz CT molecular complexity index is 1550. The summed E-state index contributed by atoms with van der Waals surface area (Å²) in [5.41, 5.74) is 5.89. The summed E-state index contributed by atoms with van der Waals surface area (Å²) in [6.45, 7) is 2.73. The number of benzene rings is 3. The number of hydrogen-bond acceptors (Lipinski definition) is 3. The Morgan fingerprint density at radius 2 is 1.63 bits per heavy atom. The molecule has 38 heavy (non-hydrogen) atoms. The van der Waals surface area contributed by atoms with Gasteiger partial charge in [0.25, 0.3) is 5.82 Å². The zero-order valence-electron chi connectivity index (χ0n) is 21.1.